The number of hydrazine groups is 1. The maximum Gasteiger partial charge on any atom is 0.0420 e. The third-order valence-electron chi connectivity index (χ3n) is 4.62. The zero-order valence-electron chi connectivity index (χ0n) is 10.5. The molecule has 0 amide bonds. The first-order valence-electron chi connectivity index (χ1n) is 6.86. The van der Waals surface area contributed by atoms with Crippen LogP contribution in [0, 0.1) is 17.8 Å². The van der Waals surface area contributed by atoms with Crippen LogP contribution in [0.1, 0.15) is 31.4 Å². The van der Waals surface area contributed by atoms with Crippen LogP contribution in [0.15, 0.2) is 22.8 Å². The van der Waals surface area contributed by atoms with E-state index in [0.29, 0.717) is 6.04 Å². The molecule has 3 nitrogen and oxygen atoms in total. The third kappa shape index (κ3) is 2.46. The first-order chi connectivity index (χ1) is 8.79. The summed E-state index contributed by atoms with van der Waals surface area (Å²) in [6.07, 6.45) is 8.43. The summed E-state index contributed by atoms with van der Waals surface area (Å²) in [7, 11) is 0. The predicted octanol–water partition coefficient (Wildman–Crippen LogP) is 2.65. The van der Waals surface area contributed by atoms with E-state index in [0.717, 1.165) is 34.3 Å². The minimum atomic E-state index is 0.395. The van der Waals surface area contributed by atoms with E-state index in [1.807, 2.05) is 6.20 Å². The lowest BCUT2D eigenvalue weighted by Crippen LogP contribution is -2.39. The van der Waals surface area contributed by atoms with Crippen molar-refractivity contribution in [1.82, 2.24) is 10.4 Å². The number of nitrogens with one attached hydrogen (secondary N) is 1. The predicted molar refractivity (Wildman–Crippen MR) is 75.7 cm³/mol. The molecule has 0 saturated heterocycles. The summed E-state index contributed by atoms with van der Waals surface area (Å²) in [5.41, 5.74) is 4.16. The molecule has 2 aliphatic rings. The smallest absolute Gasteiger partial charge is 0.0420 e. The van der Waals surface area contributed by atoms with Gasteiger partial charge in [-0.1, -0.05) is 12.8 Å². The van der Waals surface area contributed by atoms with Gasteiger partial charge in [-0.3, -0.25) is 16.3 Å². The molecule has 0 aromatic carbocycles. The second-order valence-corrected chi connectivity index (χ2v) is 6.55. The van der Waals surface area contributed by atoms with E-state index in [2.05, 4.69) is 38.5 Å². The second-order valence-electron chi connectivity index (χ2n) is 5.63. The Morgan fingerprint density at radius 2 is 2.06 bits per heavy atom. The molecule has 1 aromatic heterocycles. The van der Waals surface area contributed by atoms with E-state index in [1.165, 1.54) is 25.7 Å². The topological polar surface area (TPSA) is 50.9 Å². The summed E-state index contributed by atoms with van der Waals surface area (Å²) < 4.78 is 1.03. The van der Waals surface area contributed by atoms with Crippen LogP contribution < -0.4 is 11.3 Å². The molecule has 98 valence electrons. The number of hydrogen-bond acceptors (Lipinski definition) is 3. The van der Waals surface area contributed by atoms with Gasteiger partial charge in [-0.25, -0.2) is 0 Å². The molecule has 1 heterocycles. The molecule has 3 N–H and O–H groups in total. The Morgan fingerprint density at radius 3 is 2.61 bits per heavy atom. The molecular formula is C14H20BrN3. The van der Waals surface area contributed by atoms with Crippen molar-refractivity contribution in [2.75, 3.05) is 0 Å². The van der Waals surface area contributed by atoms with E-state index in [9.17, 15) is 0 Å². The van der Waals surface area contributed by atoms with Gasteiger partial charge in [0.15, 0.2) is 0 Å². The maximum absolute atomic E-state index is 5.76. The van der Waals surface area contributed by atoms with Gasteiger partial charge in [-0.2, -0.15) is 0 Å². The van der Waals surface area contributed by atoms with Crippen molar-refractivity contribution in [2.45, 2.75) is 38.1 Å². The fourth-order valence-electron chi connectivity index (χ4n) is 3.70. The van der Waals surface area contributed by atoms with E-state index in [1.54, 1.807) is 0 Å². The number of halogens is 1. The van der Waals surface area contributed by atoms with Crippen LogP contribution in [-0.2, 0) is 6.42 Å². The lowest BCUT2D eigenvalue weighted by Gasteiger charge is -2.15. The molecule has 0 radical (unpaired) electrons. The normalized spacial score (nSPS) is 31.8. The number of fused-ring (bicyclic) bond motifs is 1. The highest BCUT2D eigenvalue weighted by atomic mass is 79.9. The lowest BCUT2D eigenvalue weighted by molar-refractivity contribution is 0.433. The quantitative estimate of drug-likeness (QED) is 0.664. The SMILES string of the molecule is NNC(Cc1ccc(Br)cn1)C1C2CCCCC21. The summed E-state index contributed by atoms with van der Waals surface area (Å²) in [4.78, 5) is 4.45. The van der Waals surface area contributed by atoms with Crippen LogP contribution in [0.4, 0.5) is 0 Å². The van der Waals surface area contributed by atoms with Gasteiger partial charge in [0.2, 0.25) is 0 Å². The van der Waals surface area contributed by atoms with E-state index < -0.39 is 0 Å². The van der Waals surface area contributed by atoms with Gasteiger partial charge >= 0.3 is 0 Å². The first kappa shape index (κ1) is 12.6. The van der Waals surface area contributed by atoms with Crippen molar-refractivity contribution in [3.05, 3.63) is 28.5 Å². The first-order valence-corrected chi connectivity index (χ1v) is 7.65. The van der Waals surface area contributed by atoms with Crippen LogP contribution in [-0.4, -0.2) is 11.0 Å². The monoisotopic (exact) mass is 309 g/mol. The van der Waals surface area contributed by atoms with Crippen molar-refractivity contribution < 1.29 is 0 Å². The number of hydrogen-bond donors (Lipinski definition) is 2. The zero-order chi connectivity index (χ0) is 12.5. The Labute approximate surface area is 117 Å². The zero-order valence-corrected chi connectivity index (χ0v) is 12.1. The molecule has 2 aliphatic carbocycles. The fourth-order valence-corrected chi connectivity index (χ4v) is 3.94. The highest BCUT2D eigenvalue weighted by molar-refractivity contribution is 9.10. The van der Waals surface area contributed by atoms with E-state index in [-0.39, 0.29) is 0 Å². The lowest BCUT2D eigenvalue weighted by atomic mass is 10.0. The summed E-state index contributed by atoms with van der Waals surface area (Å²) in [6.45, 7) is 0. The van der Waals surface area contributed by atoms with Gasteiger partial charge in [-0.05, 0) is 58.7 Å². The van der Waals surface area contributed by atoms with Crippen LogP contribution in [0.2, 0.25) is 0 Å². The fraction of sp³-hybridized carbons (Fsp3) is 0.643. The molecule has 4 heteroatoms. The number of nitrogens with two attached hydrogens (primary N) is 1. The average Bonchev–Trinajstić information content (AvgIpc) is 3.12. The number of rotatable bonds is 4. The van der Waals surface area contributed by atoms with Crippen LogP contribution >= 0.6 is 15.9 Å². The number of aromatic nitrogens is 1. The highest BCUT2D eigenvalue weighted by Gasteiger charge is 2.53. The average molecular weight is 310 g/mol. The minimum absolute atomic E-state index is 0.395. The van der Waals surface area contributed by atoms with Crippen molar-refractivity contribution >= 4 is 15.9 Å². The number of pyridine rings is 1. The van der Waals surface area contributed by atoms with Crippen molar-refractivity contribution in [3.63, 3.8) is 0 Å². The molecule has 0 aliphatic heterocycles. The second kappa shape index (κ2) is 5.27. The highest BCUT2D eigenvalue weighted by Crippen LogP contribution is 2.57. The maximum atomic E-state index is 5.76. The molecule has 2 saturated carbocycles. The van der Waals surface area contributed by atoms with Crippen LogP contribution in [0.25, 0.3) is 0 Å². The van der Waals surface area contributed by atoms with Crippen LogP contribution in [0.5, 0.6) is 0 Å². The van der Waals surface area contributed by atoms with Crippen molar-refractivity contribution in [3.8, 4) is 0 Å². The van der Waals surface area contributed by atoms with Crippen LogP contribution in [0.3, 0.4) is 0 Å². The Kier molecular flexibility index (Phi) is 3.68. The molecule has 0 spiro atoms. The van der Waals surface area contributed by atoms with Gasteiger partial charge in [0.25, 0.3) is 0 Å². The van der Waals surface area contributed by atoms with Gasteiger partial charge in [0.1, 0.15) is 0 Å². The van der Waals surface area contributed by atoms with Gasteiger partial charge < -0.3 is 0 Å². The third-order valence-corrected chi connectivity index (χ3v) is 5.09. The Hall–Kier alpha value is -0.450. The molecule has 3 atom stereocenters. The van der Waals surface area contributed by atoms with Crippen molar-refractivity contribution in [1.29, 1.82) is 0 Å². The molecule has 3 rings (SSSR count). The molecule has 2 fully saturated rings. The summed E-state index contributed by atoms with van der Waals surface area (Å²) >= 11 is 3.42. The summed E-state index contributed by atoms with van der Waals surface area (Å²) in [6, 6.07) is 4.53. The van der Waals surface area contributed by atoms with E-state index >= 15 is 0 Å². The largest absolute Gasteiger partial charge is 0.271 e. The number of nitrogens with zero attached hydrogens (tertiary/aromatic N) is 1. The Morgan fingerprint density at radius 1 is 1.33 bits per heavy atom. The Bertz CT molecular complexity index is 394. The molecule has 3 unspecified atom stereocenters. The minimum Gasteiger partial charge on any atom is -0.271 e. The molecular weight excluding hydrogens is 290 g/mol. The summed E-state index contributed by atoms with van der Waals surface area (Å²) in [5.74, 6) is 8.39. The van der Waals surface area contributed by atoms with Gasteiger partial charge in [-0.15, -0.1) is 0 Å². The molecule has 0 bridgehead atoms. The van der Waals surface area contributed by atoms with E-state index in [4.69, 9.17) is 5.84 Å². The summed E-state index contributed by atoms with van der Waals surface area (Å²) in [5, 5.41) is 0. The Balaban J connectivity index is 1.65. The standard InChI is InChI=1S/C14H20BrN3/c15-9-5-6-10(17-8-9)7-13(18-16)14-11-3-1-2-4-12(11)14/h5-6,8,11-14,18H,1-4,7,16H2. The van der Waals surface area contributed by atoms with Gasteiger partial charge in [0.05, 0.1) is 0 Å². The molecule has 18 heavy (non-hydrogen) atoms. The molecule has 1 aromatic rings. The van der Waals surface area contributed by atoms with Crippen molar-refractivity contribution in [2.24, 2.45) is 23.6 Å². The van der Waals surface area contributed by atoms with Gasteiger partial charge in [0, 0.05) is 28.8 Å².